The first-order valence-corrected chi connectivity index (χ1v) is 11.1. The number of nitrogens with zero attached hydrogens (tertiary/aromatic N) is 4. The lowest BCUT2D eigenvalue weighted by Crippen LogP contribution is -2.24. The molecule has 0 spiro atoms. The number of benzene rings is 1. The number of hydrogen-bond donors (Lipinski definition) is 3. The molecule has 0 bridgehead atoms. The van der Waals surface area contributed by atoms with E-state index >= 15 is 0 Å². The molecular formula is C24H25N7O2. The highest BCUT2D eigenvalue weighted by Crippen LogP contribution is 2.33. The first-order valence-electron chi connectivity index (χ1n) is 11.1. The summed E-state index contributed by atoms with van der Waals surface area (Å²) in [4.78, 5) is 37.8. The molecule has 3 heterocycles. The van der Waals surface area contributed by atoms with Crippen molar-refractivity contribution in [2.75, 3.05) is 5.32 Å². The van der Waals surface area contributed by atoms with E-state index in [0.717, 1.165) is 29.7 Å². The summed E-state index contributed by atoms with van der Waals surface area (Å²) in [5, 5.41) is 9.76. The summed E-state index contributed by atoms with van der Waals surface area (Å²) in [5.41, 5.74) is 3.66. The van der Waals surface area contributed by atoms with E-state index in [0.29, 0.717) is 28.4 Å². The third kappa shape index (κ3) is 4.48. The lowest BCUT2D eigenvalue weighted by molar-refractivity contribution is 0.0947. The molecule has 33 heavy (non-hydrogen) atoms. The second kappa shape index (κ2) is 8.85. The van der Waals surface area contributed by atoms with Crippen molar-refractivity contribution in [3.05, 3.63) is 71.6 Å². The van der Waals surface area contributed by atoms with Crippen molar-refractivity contribution in [3.8, 4) is 0 Å². The number of fused-ring (bicyclic) bond motifs is 1. The number of H-pyrrole nitrogens is 1. The van der Waals surface area contributed by atoms with Gasteiger partial charge < -0.3 is 15.6 Å². The summed E-state index contributed by atoms with van der Waals surface area (Å²) >= 11 is 0. The zero-order valence-corrected chi connectivity index (χ0v) is 18.3. The molecule has 1 fully saturated rings. The largest absolute Gasteiger partial charge is 0.347 e. The fourth-order valence-electron chi connectivity index (χ4n) is 4.29. The smallest absolute Gasteiger partial charge is 0.272 e. The third-order valence-corrected chi connectivity index (χ3v) is 5.98. The predicted octanol–water partition coefficient (Wildman–Crippen LogP) is 3.53. The number of amides is 2. The van der Waals surface area contributed by atoms with Crippen molar-refractivity contribution < 1.29 is 9.59 Å². The molecule has 9 heteroatoms. The van der Waals surface area contributed by atoms with Crippen LogP contribution in [0.5, 0.6) is 0 Å². The maximum Gasteiger partial charge on any atom is 0.272 e. The summed E-state index contributed by atoms with van der Waals surface area (Å²) in [6, 6.07) is 8.99. The van der Waals surface area contributed by atoms with Crippen LogP contribution in [-0.2, 0) is 13.6 Å². The Balaban J connectivity index is 1.28. The molecule has 1 aliphatic carbocycles. The highest BCUT2D eigenvalue weighted by Gasteiger charge is 2.22. The van der Waals surface area contributed by atoms with E-state index in [2.05, 4.69) is 25.7 Å². The second-order valence-electron chi connectivity index (χ2n) is 8.40. The lowest BCUT2D eigenvalue weighted by Gasteiger charge is -2.08. The van der Waals surface area contributed by atoms with Gasteiger partial charge >= 0.3 is 0 Å². The first kappa shape index (κ1) is 20.9. The van der Waals surface area contributed by atoms with E-state index < -0.39 is 0 Å². The molecule has 0 unspecified atom stereocenters. The van der Waals surface area contributed by atoms with Gasteiger partial charge in [-0.2, -0.15) is 5.10 Å². The van der Waals surface area contributed by atoms with Gasteiger partial charge in [-0.05, 0) is 36.6 Å². The first-order chi connectivity index (χ1) is 16.1. The van der Waals surface area contributed by atoms with Crippen LogP contribution in [0.25, 0.3) is 11.0 Å². The second-order valence-corrected chi connectivity index (χ2v) is 8.40. The number of hydrogen-bond acceptors (Lipinski definition) is 5. The Morgan fingerprint density at radius 1 is 1.18 bits per heavy atom. The minimum absolute atomic E-state index is 0.237. The average Bonchev–Trinajstić information content (AvgIpc) is 3.58. The number of carbonyl (C=O) groups excluding carboxylic acids is 2. The van der Waals surface area contributed by atoms with E-state index in [1.165, 1.54) is 12.8 Å². The summed E-state index contributed by atoms with van der Waals surface area (Å²) < 4.78 is 1.62. The fourth-order valence-corrected chi connectivity index (χ4v) is 4.29. The van der Waals surface area contributed by atoms with Crippen LogP contribution in [0.2, 0.25) is 0 Å². The molecule has 0 atom stereocenters. The van der Waals surface area contributed by atoms with E-state index in [9.17, 15) is 9.59 Å². The number of rotatable bonds is 6. The number of aromatic nitrogens is 5. The summed E-state index contributed by atoms with van der Waals surface area (Å²) in [7, 11) is 1.78. The maximum atomic E-state index is 12.9. The van der Waals surface area contributed by atoms with Gasteiger partial charge in [-0.25, -0.2) is 9.97 Å². The van der Waals surface area contributed by atoms with Crippen LogP contribution in [0, 0.1) is 0 Å². The Hall–Kier alpha value is -4.01. The van der Waals surface area contributed by atoms with Gasteiger partial charge in [-0.3, -0.25) is 14.3 Å². The zero-order valence-electron chi connectivity index (χ0n) is 18.3. The van der Waals surface area contributed by atoms with Crippen molar-refractivity contribution in [1.29, 1.82) is 0 Å². The molecule has 0 radical (unpaired) electrons. The molecule has 0 saturated heterocycles. The molecule has 3 aromatic heterocycles. The Labute approximate surface area is 190 Å². The van der Waals surface area contributed by atoms with Crippen molar-refractivity contribution in [1.82, 2.24) is 30.0 Å². The van der Waals surface area contributed by atoms with Gasteiger partial charge in [0, 0.05) is 37.5 Å². The van der Waals surface area contributed by atoms with Gasteiger partial charge in [0.05, 0.1) is 17.4 Å². The molecule has 9 nitrogen and oxygen atoms in total. The Morgan fingerprint density at radius 3 is 2.82 bits per heavy atom. The van der Waals surface area contributed by atoms with Crippen molar-refractivity contribution in [2.24, 2.45) is 7.05 Å². The van der Waals surface area contributed by atoms with E-state index in [1.807, 2.05) is 12.1 Å². The van der Waals surface area contributed by atoms with Gasteiger partial charge in [0.1, 0.15) is 11.3 Å². The minimum Gasteiger partial charge on any atom is -0.347 e. The van der Waals surface area contributed by atoms with Crippen LogP contribution >= 0.6 is 0 Å². The molecule has 1 aliphatic rings. The topological polar surface area (TPSA) is 118 Å². The maximum absolute atomic E-state index is 12.9. The third-order valence-electron chi connectivity index (χ3n) is 5.98. The summed E-state index contributed by atoms with van der Waals surface area (Å²) in [6.07, 6.45) is 9.61. The fraction of sp³-hybridized carbons (Fsp3) is 0.292. The molecule has 2 amide bonds. The molecule has 0 aliphatic heterocycles. The molecule has 3 N–H and O–H groups in total. The van der Waals surface area contributed by atoms with Crippen LogP contribution in [0.3, 0.4) is 0 Å². The van der Waals surface area contributed by atoms with Gasteiger partial charge in [-0.1, -0.05) is 25.0 Å². The van der Waals surface area contributed by atoms with Gasteiger partial charge in [0.15, 0.2) is 5.69 Å². The van der Waals surface area contributed by atoms with Crippen molar-refractivity contribution in [3.63, 3.8) is 0 Å². The predicted molar refractivity (Wildman–Crippen MR) is 124 cm³/mol. The number of aryl methyl sites for hydroxylation is 1. The number of anilines is 1. The van der Waals surface area contributed by atoms with Crippen LogP contribution < -0.4 is 10.6 Å². The quantitative estimate of drug-likeness (QED) is 0.421. The minimum atomic E-state index is -0.296. The van der Waals surface area contributed by atoms with E-state index in [1.54, 1.807) is 48.5 Å². The number of nitrogens with one attached hydrogen (secondary N) is 3. The Morgan fingerprint density at radius 2 is 2.03 bits per heavy atom. The molecule has 4 aromatic rings. The Kier molecular flexibility index (Phi) is 5.60. The van der Waals surface area contributed by atoms with Crippen molar-refractivity contribution >= 4 is 28.5 Å². The highest BCUT2D eigenvalue weighted by molar-refractivity contribution is 6.04. The average molecular weight is 444 g/mol. The summed E-state index contributed by atoms with van der Waals surface area (Å²) in [6.45, 7) is 0.269. The lowest BCUT2D eigenvalue weighted by atomic mass is 10.1. The standard InChI is InChI=1S/C24H25N7O2/c1-31-14-18(13-27-31)28-23(32)17-8-4-5-15(11-17)12-26-24(33)21-20-19(9-10-25-21)29-22(30-20)16-6-2-3-7-16/h4-5,8-11,13-14,16H,2-3,6-7,12H2,1H3,(H,26,33)(H,28,32)(H,29,30). The van der Waals surface area contributed by atoms with Gasteiger partial charge in [-0.15, -0.1) is 0 Å². The Bertz CT molecular complexity index is 1320. The molecular weight excluding hydrogens is 418 g/mol. The van der Waals surface area contributed by atoms with E-state index in [-0.39, 0.29) is 18.4 Å². The molecule has 1 aromatic carbocycles. The van der Waals surface area contributed by atoms with Gasteiger partial charge in [0.25, 0.3) is 11.8 Å². The molecule has 5 rings (SSSR count). The van der Waals surface area contributed by atoms with Gasteiger partial charge in [0.2, 0.25) is 0 Å². The molecule has 1 saturated carbocycles. The van der Waals surface area contributed by atoms with Crippen LogP contribution in [0.4, 0.5) is 5.69 Å². The van der Waals surface area contributed by atoms with Crippen molar-refractivity contribution in [2.45, 2.75) is 38.1 Å². The zero-order chi connectivity index (χ0) is 22.8. The van der Waals surface area contributed by atoms with E-state index in [4.69, 9.17) is 4.98 Å². The van der Waals surface area contributed by atoms with Crippen LogP contribution in [0.1, 0.15) is 63.8 Å². The normalized spacial score (nSPS) is 14.0. The number of carbonyl (C=O) groups is 2. The number of pyridine rings is 1. The highest BCUT2D eigenvalue weighted by atomic mass is 16.2. The monoisotopic (exact) mass is 443 g/mol. The SMILES string of the molecule is Cn1cc(NC(=O)c2cccc(CNC(=O)c3nccc4[nH]c(C5CCCC5)nc34)c2)cn1. The summed E-state index contributed by atoms with van der Waals surface area (Å²) in [5.74, 6) is 0.833. The van der Waals surface area contributed by atoms with Crippen LogP contribution in [-0.4, -0.2) is 36.5 Å². The van der Waals surface area contributed by atoms with Crippen LogP contribution in [0.15, 0.2) is 48.9 Å². The molecule has 168 valence electrons. The number of imidazole rings is 1. The number of aromatic amines is 1.